The molecule has 190 valence electrons. The molecule has 1 aromatic heterocycles. The zero-order chi connectivity index (χ0) is 26.5. The van der Waals surface area contributed by atoms with Crippen molar-refractivity contribution in [2.24, 2.45) is 5.10 Å². The number of hydrogen-bond acceptors (Lipinski definition) is 4. The number of hydrazone groups is 1. The number of amides is 1. The van der Waals surface area contributed by atoms with Crippen LogP contribution in [0.5, 0.6) is 11.5 Å². The first-order valence-corrected chi connectivity index (χ1v) is 12.8. The van der Waals surface area contributed by atoms with Gasteiger partial charge in [0.15, 0.2) is 11.5 Å². The second-order valence-electron chi connectivity index (χ2n) is 8.25. The zero-order valence-corrected chi connectivity index (χ0v) is 23.5. The van der Waals surface area contributed by atoms with Crippen molar-refractivity contribution in [1.29, 1.82) is 0 Å². The van der Waals surface area contributed by atoms with E-state index in [0.29, 0.717) is 37.1 Å². The summed E-state index contributed by atoms with van der Waals surface area (Å²) >= 11 is 15.7. The third kappa shape index (κ3) is 6.36. The second-order valence-corrected chi connectivity index (χ2v) is 9.95. The number of hydrogen-bond donors (Lipinski definition) is 1. The van der Waals surface area contributed by atoms with E-state index in [4.69, 9.17) is 32.7 Å². The van der Waals surface area contributed by atoms with Crippen molar-refractivity contribution in [1.82, 2.24) is 9.99 Å². The van der Waals surface area contributed by atoms with Crippen molar-refractivity contribution in [2.45, 2.75) is 20.5 Å². The third-order valence-electron chi connectivity index (χ3n) is 5.69. The maximum Gasteiger partial charge on any atom is 0.271 e. The van der Waals surface area contributed by atoms with Crippen LogP contribution in [0.1, 0.15) is 32.9 Å². The molecule has 0 fully saturated rings. The maximum absolute atomic E-state index is 12.7. The van der Waals surface area contributed by atoms with Crippen molar-refractivity contribution < 1.29 is 14.3 Å². The molecule has 0 aliphatic rings. The van der Waals surface area contributed by atoms with Crippen molar-refractivity contribution in [2.75, 3.05) is 7.11 Å². The molecule has 0 aliphatic carbocycles. The number of ether oxygens (including phenoxy) is 2. The number of aromatic nitrogens is 1. The standard InChI is InChI=1S/C28H24BrCl2N3O3/c1-17-7-8-18(2)34(17)23-6-4-5-19(11-23)28(35)33-32-15-21-12-26(36-3)27(14-24(21)29)37-16-20-9-10-22(30)13-25(20)31/h4-15H,16H2,1-3H3,(H,33,35)/b32-15-. The normalized spacial score (nSPS) is 11.1. The van der Waals surface area contributed by atoms with Gasteiger partial charge in [-0.1, -0.05) is 35.3 Å². The first-order chi connectivity index (χ1) is 17.8. The number of methoxy groups -OCH3 is 1. The molecule has 1 N–H and O–H groups in total. The third-order valence-corrected chi connectivity index (χ3v) is 6.96. The van der Waals surface area contributed by atoms with Gasteiger partial charge in [-0.15, -0.1) is 0 Å². The lowest BCUT2D eigenvalue weighted by Gasteiger charge is -2.13. The fourth-order valence-electron chi connectivity index (χ4n) is 3.80. The van der Waals surface area contributed by atoms with Gasteiger partial charge < -0.3 is 14.0 Å². The Hall–Kier alpha value is -3.26. The molecular formula is C28H24BrCl2N3O3. The number of carbonyl (C=O) groups excluding carboxylic acids is 1. The van der Waals surface area contributed by atoms with Crippen LogP contribution in [-0.4, -0.2) is 23.8 Å². The Labute approximate surface area is 233 Å². The minimum atomic E-state index is -0.316. The fourth-order valence-corrected chi connectivity index (χ4v) is 4.69. The number of aryl methyl sites for hydroxylation is 2. The molecule has 0 aliphatic heterocycles. The molecule has 9 heteroatoms. The van der Waals surface area contributed by atoms with E-state index in [1.165, 1.54) is 6.21 Å². The Kier molecular flexibility index (Phi) is 8.59. The summed E-state index contributed by atoms with van der Waals surface area (Å²) < 4.78 is 14.2. The molecule has 0 atom stereocenters. The van der Waals surface area contributed by atoms with E-state index in [-0.39, 0.29) is 12.5 Å². The first-order valence-electron chi connectivity index (χ1n) is 11.3. The Morgan fingerprint density at radius 1 is 1.03 bits per heavy atom. The van der Waals surface area contributed by atoms with Gasteiger partial charge in [0.05, 0.1) is 13.3 Å². The molecule has 0 spiro atoms. The number of benzene rings is 3. The molecule has 0 radical (unpaired) electrons. The van der Waals surface area contributed by atoms with Crippen LogP contribution in [-0.2, 0) is 6.61 Å². The van der Waals surface area contributed by atoms with E-state index in [9.17, 15) is 4.79 Å². The molecule has 0 bridgehead atoms. The Balaban J connectivity index is 1.45. The van der Waals surface area contributed by atoms with Crippen LogP contribution in [0, 0.1) is 13.8 Å². The molecule has 0 saturated carbocycles. The SMILES string of the molecule is COc1cc(/C=N\NC(=O)c2cccc(-n3c(C)ccc3C)c2)c(Br)cc1OCc1ccc(Cl)cc1Cl. The van der Waals surface area contributed by atoms with Crippen molar-refractivity contribution >= 4 is 51.3 Å². The predicted octanol–water partition coefficient (Wildman–Crippen LogP) is 7.51. The highest BCUT2D eigenvalue weighted by molar-refractivity contribution is 9.10. The smallest absolute Gasteiger partial charge is 0.271 e. The number of halogens is 3. The number of carbonyl (C=O) groups is 1. The molecule has 1 heterocycles. The van der Waals surface area contributed by atoms with Crippen LogP contribution in [0.3, 0.4) is 0 Å². The summed E-state index contributed by atoms with van der Waals surface area (Å²) in [6, 6.07) is 20.3. The number of rotatable bonds is 8. The first kappa shape index (κ1) is 26.8. The number of nitrogens with zero attached hydrogens (tertiary/aromatic N) is 2. The lowest BCUT2D eigenvalue weighted by atomic mass is 10.2. The molecule has 37 heavy (non-hydrogen) atoms. The Morgan fingerprint density at radius 2 is 1.78 bits per heavy atom. The van der Waals surface area contributed by atoms with Gasteiger partial charge in [0, 0.05) is 48.3 Å². The lowest BCUT2D eigenvalue weighted by molar-refractivity contribution is 0.0955. The summed E-state index contributed by atoms with van der Waals surface area (Å²) in [7, 11) is 1.55. The van der Waals surface area contributed by atoms with Gasteiger partial charge in [0.25, 0.3) is 5.91 Å². The molecule has 4 aromatic rings. The summed E-state index contributed by atoms with van der Waals surface area (Å²) in [5.74, 6) is 0.712. The van der Waals surface area contributed by atoms with Crippen LogP contribution in [0.4, 0.5) is 0 Å². The topological polar surface area (TPSA) is 64.8 Å². The van der Waals surface area contributed by atoms with Crippen molar-refractivity contribution in [3.63, 3.8) is 0 Å². The Morgan fingerprint density at radius 3 is 2.49 bits per heavy atom. The highest BCUT2D eigenvalue weighted by atomic mass is 79.9. The Bertz CT molecular complexity index is 1460. The van der Waals surface area contributed by atoms with Crippen LogP contribution in [0.25, 0.3) is 5.69 Å². The van der Waals surface area contributed by atoms with Crippen LogP contribution in [0.2, 0.25) is 10.0 Å². The summed E-state index contributed by atoms with van der Waals surface area (Å²) in [5, 5.41) is 5.22. The van der Waals surface area contributed by atoms with Gasteiger partial charge in [-0.05, 0) is 84.4 Å². The highest BCUT2D eigenvalue weighted by Crippen LogP contribution is 2.34. The van der Waals surface area contributed by atoms with E-state index < -0.39 is 0 Å². The van der Waals surface area contributed by atoms with Crippen LogP contribution < -0.4 is 14.9 Å². The van der Waals surface area contributed by atoms with E-state index in [2.05, 4.69) is 31.0 Å². The molecule has 3 aromatic carbocycles. The molecule has 1 amide bonds. The van der Waals surface area contributed by atoms with E-state index in [0.717, 1.165) is 22.6 Å². The minimum absolute atomic E-state index is 0.240. The summed E-state index contributed by atoms with van der Waals surface area (Å²) in [6.07, 6.45) is 1.54. The van der Waals surface area contributed by atoms with Gasteiger partial charge in [-0.25, -0.2) is 5.43 Å². The average Bonchev–Trinajstić information content (AvgIpc) is 3.22. The quantitative estimate of drug-likeness (QED) is 0.168. The fraction of sp³-hybridized carbons (Fsp3) is 0.143. The van der Waals surface area contributed by atoms with E-state index in [1.807, 2.05) is 50.2 Å². The lowest BCUT2D eigenvalue weighted by Crippen LogP contribution is -2.18. The van der Waals surface area contributed by atoms with Crippen LogP contribution >= 0.6 is 39.1 Å². The summed E-state index contributed by atoms with van der Waals surface area (Å²) in [5.41, 5.74) is 7.69. The minimum Gasteiger partial charge on any atom is -0.493 e. The molecule has 0 unspecified atom stereocenters. The van der Waals surface area contributed by atoms with Gasteiger partial charge in [0.1, 0.15) is 6.61 Å². The number of nitrogens with one attached hydrogen (secondary N) is 1. The maximum atomic E-state index is 12.7. The van der Waals surface area contributed by atoms with Crippen molar-refractivity contribution in [3.05, 3.63) is 109 Å². The van der Waals surface area contributed by atoms with Crippen molar-refractivity contribution in [3.8, 4) is 17.2 Å². The predicted molar refractivity (Wildman–Crippen MR) is 152 cm³/mol. The van der Waals surface area contributed by atoms with Gasteiger partial charge in [0.2, 0.25) is 0 Å². The largest absolute Gasteiger partial charge is 0.493 e. The summed E-state index contributed by atoms with van der Waals surface area (Å²) in [6.45, 7) is 4.29. The van der Waals surface area contributed by atoms with E-state index >= 15 is 0 Å². The van der Waals surface area contributed by atoms with E-state index in [1.54, 1.807) is 37.4 Å². The molecule has 4 rings (SSSR count). The molecule has 6 nitrogen and oxygen atoms in total. The molecular weight excluding hydrogens is 577 g/mol. The van der Waals surface area contributed by atoms with Gasteiger partial charge >= 0.3 is 0 Å². The average molecular weight is 601 g/mol. The second kappa shape index (κ2) is 11.9. The molecule has 0 saturated heterocycles. The summed E-state index contributed by atoms with van der Waals surface area (Å²) in [4.78, 5) is 12.7. The van der Waals surface area contributed by atoms with Gasteiger partial charge in [-0.2, -0.15) is 5.10 Å². The zero-order valence-electron chi connectivity index (χ0n) is 20.4. The highest BCUT2D eigenvalue weighted by Gasteiger charge is 2.12. The van der Waals surface area contributed by atoms with Crippen LogP contribution in [0.15, 0.2) is 76.3 Å². The van der Waals surface area contributed by atoms with Gasteiger partial charge in [-0.3, -0.25) is 4.79 Å². The monoisotopic (exact) mass is 599 g/mol.